The van der Waals surface area contributed by atoms with Gasteiger partial charge in [-0.15, -0.1) is 11.3 Å². The fraction of sp³-hybridized carbons (Fsp3) is 0.350. The molecular formula is C20H18F2N4OS. The minimum atomic E-state index is -2.63. The van der Waals surface area contributed by atoms with Crippen molar-refractivity contribution in [3.8, 4) is 11.3 Å². The molecule has 1 aliphatic rings. The molecule has 4 aromatic heterocycles. The quantitative estimate of drug-likeness (QED) is 0.534. The first-order valence-electron chi connectivity index (χ1n) is 9.22. The largest absolute Gasteiger partial charge is 0.387 e. The molecule has 0 saturated heterocycles. The second-order valence-electron chi connectivity index (χ2n) is 7.33. The van der Waals surface area contributed by atoms with Crippen molar-refractivity contribution < 1.29 is 13.9 Å². The second kappa shape index (κ2) is 6.28. The summed E-state index contributed by atoms with van der Waals surface area (Å²) < 4.78 is 28.1. The third-order valence-electron chi connectivity index (χ3n) is 5.29. The van der Waals surface area contributed by atoms with Crippen LogP contribution in [0.3, 0.4) is 0 Å². The van der Waals surface area contributed by atoms with Crippen LogP contribution in [0.5, 0.6) is 0 Å². The molecule has 28 heavy (non-hydrogen) atoms. The van der Waals surface area contributed by atoms with Crippen molar-refractivity contribution in [1.29, 1.82) is 0 Å². The normalized spacial score (nSPS) is 17.9. The molecule has 8 heteroatoms. The van der Waals surface area contributed by atoms with E-state index in [1.165, 1.54) is 11.3 Å². The SMILES string of the molecule is CCn1cc2cc(-c3ccc4cc([C@@H](O)C5CC(F)(F)C5)sc4n3)cnc2n1. The number of fused-ring (bicyclic) bond motifs is 2. The Hall–Kier alpha value is -2.45. The Morgan fingerprint density at radius 3 is 2.86 bits per heavy atom. The van der Waals surface area contributed by atoms with Crippen LogP contribution in [0.1, 0.15) is 30.7 Å². The second-order valence-corrected chi connectivity index (χ2v) is 8.39. The first kappa shape index (κ1) is 17.6. The third kappa shape index (κ3) is 2.97. The molecule has 0 aromatic carbocycles. The van der Waals surface area contributed by atoms with Crippen LogP contribution in [0.15, 0.2) is 36.7 Å². The number of thiophene rings is 1. The van der Waals surface area contributed by atoms with Crippen LogP contribution < -0.4 is 0 Å². The molecule has 1 aliphatic carbocycles. The molecular weight excluding hydrogens is 382 g/mol. The van der Waals surface area contributed by atoms with E-state index in [4.69, 9.17) is 4.98 Å². The fourth-order valence-corrected chi connectivity index (χ4v) is 4.78. The number of aryl methyl sites for hydroxylation is 1. The van der Waals surface area contributed by atoms with E-state index in [0.29, 0.717) is 10.5 Å². The van der Waals surface area contributed by atoms with E-state index in [0.717, 1.165) is 33.4 Å². The summed E-state index contributed by atoms with van der Waals surface area (Å²) in [7, 11) is 0. The molecule has 5 rings (SSSR count). The maximum atomic E-state index is 13.1. The van der Waals surface area contributed by atoms with Gasteiger partial charge in [-0.2, -0.15) is 5.10 Å². The smallest absolute Gasteiger partial charge is 0.248 e. The summed E-state index contributed by atoms with van der Waals surface area (Å²) in [5, 5.41) is 16.7. The van der Waals surface area contributed by atoms with Crippen LogP contribution in [0, 0.1) is 5.92 Å². The molecule has 0 unspecified atom stereocenters. The summed E-state index contributed by atoms with van der Waals surface area (Å²) in [6, 6.07) is 7.72. The fourth-order valence-electron chi connectivity index (χ4n) is 3.67. The van der Waals surface area contributed by atoms with Gasteiger partial charge in [-0.1, -0.05) is 0 Å². The lowest BCUT2D eigenvalue weighted by Crippen LogP contribution is -2.38. The Morgan fingerprint density at radius 2 is 2.11 bits per heavy atom. The first-order chi connectivity index (χ1) is 13.4. The molecule has 0 amide bonds. The summed E-state index contributed by atoms with van der Waals surface area (Å²) in [4.78, 5) is 10.6. The van der Waals surface area contributed by atoms with Crippen LogP contribution in [-0.4, -0.2) is 30.8 Å². The van der Waals surface area contributed by atoms with Gasteiger partial charge in [-0.25, -0.2) is 18.7 Å². The number of rotatable bonds is 4. The first-order valence-corrected chi connectivity index (χ1v) is 10.0. The molecule has 1 N–H and O–H groups in total. The van der Waals surface area contributed by atoms with Gasteiger partial charge in [-0.05, 0) is 31.2 Å². The minimum absolute atomic E-state index is 0.252. The Bertz CT molecular complexity index is 1180. The van der Waals surface area contributed by atoms with Crippen LogP contribution >= 0.6 is 11.3 Å². The number of aliphatic hydroxyl groups is 1. The zero-order chi connectivity index (χ0) is 19.5. The van der Waals surface area contributed by atoms with Crippen LogP contribution in [-0.2, 0) is 6.54 Å². The van der Waals surface area contributed by atoms with E-state index in [-0.39, 0.29) is 18.8 Å². The molecule has 5 nitrogen and oxygen atoms in total. The van der Waals surface area contributed by atoms with Crippen LogP contribution in [0.2, 0.25) is 0 Å². The Kier molecular flexibility index (Phi) is 3.96. The number of hydrogen-bond donors (Lipinski definition) is 1. The van der Waals surface area contributed by atoms with Gasteiger partial charge >= 0.3 is 0 Å². The van der Waals surface area contributed by atoms with Crippen molar-refractivity contribution >= 4 is 32.6 Å². The van der Waals surface area contributed by atoms with E-state index in [1.807, 2.05) is 42.1 Å². The van der Waals surface area contributed by atoms with E-state index in [2.05, 4.69) is 10.1 Å². The Balaban J connectivity index is 1.46. The summed E-state index contributed by atoms with van der Waals surface area (Å²) >= 11 is 1.36. The molecule has 4 heterocycles. The monoisotopic (exact) mass is 400 g/mol. The number of aliphatic hydroxyl groups excluding tert-OH is 1. The number of nitrogens with zero attached hydrogens (tertiary/aromatic N) is 4. The highest BCUT2D eigenvalue weighted by atomic mass is 32.1. The lowest BCUT2D eigenvalue weighted by Gasteiger charge is -2.37. The van der Waals surface area contributed by atoms with Gasteiger partial charge in [0.05, 0.1) is 11.8 Å². The zero-order valence-electron chi connectivity index (χ0n) is 15.1. The minimum Gasteiger partial charge on any atom is -0.387 e. The highest BCUT2D eigenvalue weighted by Gasteiger charge is 2.48. The Labute approximate surface area is 163 Å². The maximum Gasteiger partial charge on any atom is 0.248 e. The summed E-state index contributed by atoms with van der Waals surface area (Å²) in [6.45, 7) is 2.80. The van der Waals surface area contributed by atoms with Gasteiger partial charge < -0.3 is 5.11 Å². The number of alkyl halides is 2. The van der Waals surface area contributed by atoms with Gasteiger partial charge in [0, 0.05) is 58.9 Å². The van der Waals surface area contributed by atoms with Crippen molar-refractivity contribution in [3.05, 3.63) is 41.5 Å². The molecule has 0 aliphatic heterocycles. The van der Waals surface area contributed by atoms with E-state index < -0.39 is 12.0 Å². The van der Waals surface area contributed by atoms with Gasteiger partial charge in [0.25, 0.3) is 0 Å². The highest BCUT2D eigenvalue weighted by Crippen LogP contribution is 2.49. The van der Waals surface area contributed by atoms with Crippen LogP contribution in [0.25, 0.3) is 32.5 Å². The van der Waals surface area contributed by atoms with Gasteiger partial charge in [0.15, 0.2) is 5.65 Å². The van der Waals surface area contributed by atoms with Gasteiger partial charge in [0.1, 0.15) is 4.83 Å². The predicted molar refractivity (Wildman–Crippen MR) is 104 cm³/mol. The van der Waals surface area contributed by atoms with Gasteiger partial charge in [0.2, 0.25) is 5.92 Å². The maximum absolute atomic E-state index is 13.1. The number of pyridine rings is 2. The lowest BCUT2D eigenvalue weighted by molar-refractivity contribution is -0.141. The number of hydrogen-bond acceptors (Lipinski definition) is 5. The predicted octanol–water partition coefficient (Wildman–Crippen LogP) is 4.81. The van der Waals surface area contributed by atoms with Crippen molar-refractivity contribution in [2.24, 2.45) is 5.92 Å². The molecule has 144 valence electrons. The average molecular weight is 400 g/mol. The van der Waals surface area contributed by atoms with Crippen molar-refractivity contribution in [2.45, 2.75) is 38.3 Å². The van der Waals surface area contributed by atoms with Gasteiger partial charge in [-0.3, -0.25) is 4.68 Å². The molecule has 1 saturated carbocycles. The van der Waals surface area contributed by atoms with Crippen molar-refractivity contribution in [1.82, 2.24) is 19.7 Å². The molecule has 1 atom stereocenters. The lowest BCUT2D eigenvalue weighted by atomic mass is 9.77. The molecule has 0 bridgehead atoms. The third-order valence-corrected chi connectivity index (χ3v) is 6.40. The number of halogens is 2. The molecule has 1 fully saturated rings. The van der Waals surface area contributed by atoms with E-state index in [9.17, 15) is 13.9 Å². The summed E-state index contributed by atoms with van der Waals surface area (Å²) in [5.74, 6) is -3.02. The average Bonchev–Trinajstić information content (AvgIpc) is 3.27. The van der Waals surface area contributed by atoms with Crippen molar-refractivity contribution in [3.63, 3.8) is 0 Å². The summed E-state index contributed by atoms with van der Waals surface area (Å²) in [5.41, 5.74) is 2.37. The van der Waals surface area contributed by atoms with E-state index >= 15 is 0 Å². The standard InChI is InChI=1S/C20H18F2N4OS/c1-2-26-10-13-5-12(9-23-18(13)25-26)15-4-3-11-6-16(28-19(11)24-15)17(27)14-7-20(21,22)8-14/h3-6,9-10,14,17,27H,2,7-8H2,1H3/t17-/m0/s1. The zero-order valence-corrected chi connectivity index (χ0v) is 16.0. The number of aromatic nitrogens is 4. The molecule has 0 radical (unpaired) electrons. The molecule has 0 spiro atoms. The Morgan fingerprint density at radius 1 is 1.29 bits per heavy atom. The summed E-state index contributed by atoms with van der Waals surface area (Å²) in [6.07, 6.45) is 2.35. The highest BCUT2D eigenvalue weighted by molar-refractivity contribution is 7.18. The molecule has 4 aromatic rings. The van der Waals surface area contributed by atoms with Crippen molar-refractivity contribution in [2.75, 3.05) is 0 Å². The van der Waals surface area contributed by atoms with E-state index in [1.54, 1.807) is 6.20 Å². The topological polar surface area (TPSA) is 63.8 Å². The van der Waals surface area contributed by atoms with Crippen LogP contribution in [0.4, 0.5) is 8.78 Å².